The number of guanidine groups is 1. The Hall–Kier alpha value is -0.580. The second-order valence-corrected chi connectivity index (χ2v) is 11.3. The van der Waals surface area contributed by atoms with Crippen molar-refractivity contribution in [1.29, 1.82) is 0 Å². The van der Waals surface area contributed by atoms with Crippen LogP contribution in [0.5, 0.6) is 0 Å². The van der Waals surface area contributed by atoms with Gasteiger partial charge in [-0.3, -0.25) is 9.79 Å². The SMILES string of the molecule is CN=C(NCCS(=O)(=O)C(C)(C)C)NC1CCCC(C(=O)NC2CC2)C1.I. The minimum atomic E-state index is -3.16. The number of carbonyl (C=O) groups is 1. The molecule has 7 nitrogen and oxygen atoms in total. The highest BCUT2D eigenvalue weighted by Gasteiger charge is 2.32. The number of nitrogens with zero attached hydrogens (tertiary/aromatic N) is 1. The number of carbonyl (C=O) groups excluding carboxylic acids is 1. The minimum absolute atomic E-state index is 0. The summed E-state index contributed by atoms with van der Waals surface area (Å²) in [5.74, 6) is 0.899. The highest BCUT2D eigenvalue weighted by atomic mass is 127. The Balaban J connectivity index is 0.00000364. The van der Waals surface area contributed by atoms with E-state index in [0.717, 1.165) is 38.5 Å². The Morgan fingerprint density at radius 2 is 1.74 bits per heavy atom. The smallest absolute Gasteiger partial charge is 0.223 e. The molecule has 2 rings (SSSR count). The van der Waals surface area contributed by atoms with Crippen LogP contribution in [0.2, 0.25) is 0 Å². The molecule has 158 valence electrons. The minimum Gasteiger partial charge on any atom is -0.355 e. The van der Waals surface area contributed by atoms with Gasteiger partial charge in [0.15, 0.2) is 15.8 Å². The van der Waals surface area contributed by atoms with Crippen LogP contribution in [-0.2, 0) is 14.6 Å². The second-order valence-electron chi connectivity index (χ2n) is 8.42. The highest BCUT2D eigenvalue weighted by molar-refractivity contribution is 14.0. The van der Waals surface area contributed by atoms with Crippen molar-refractivity contribution in [1.82, 2.24) is 16.0 Å². The van der Waals surface area contributed by atoms with E-state index >= 15 is 0 Å². The molecule has 2 saturated carbocycles. The molecule has 0 aromatic heterocycles. The zero-order valence-corrected chi connectivity index (χ0v) is 20.0. The third kappa shape index (κ3) is 7.75. The molecule has 2 aliphatic rings. The number of hydrogen-bond acceptors (Lipinski definition) is 4. The first-order valence-electron chi connectivity index (χ1n) is 9.62. The van der Waals surface area contributed by atoms with Gasteiger partial charge in [-0.15, -0.1) is 24.0 Å². The molecule has 3 N–H and O–H groups in total. The third-order valence-electron chi connectivity index (χ3n) is 5.13. The monoisotopic (exact) mass is 514 g/mol. The lowest BCUT2D eigenvalue weighted by molar-refractivity contribution is -0.126. The normalized spacial score (nSPS) is 23.9. The first-order chi connectivity index (χ1) is 12.1. The summed E-state index contributed by atoms with van der Waals surface area (Å²) in [4.78, 5) is 16.5. The number of amides is 1. The van der Waals surface area contributed by atoms with Crippen molar-refractivity contribution < 1.29 is 13.2 Å². The summed E-state index contributed by atoms with van der Waals surface area (Å²) < 4.78 is 23.6. The maximum absolute atomic E-state index is 12.3. The number of aliphatic imine (C=N–C) groups is 1. The molecule has 0 heterocycles. The second kappa shape index (κ2) is 10.3. The number of hydrogen-bond donors (Lipinski definition) is 3. The molecule has 0 radical (unpaired) electrons. The van der Waals surface area contributed by atoms with Crippen molar-refractivity contribution in [3.63, 3.8) is 0 Å². The van der Waals surface area contributed by atoms with Gasteiger partial charge in [0.2, 0.25) is 5.91 Å². The van der Waals surface area contributed by atoms with Gasteiger partial charge in [0.1, 0.15) is 0 Å². The highest BCUT2D eigenvalue weighted by Crippen LogP contribution is 2.26. The summed E-state index contributed by atoms with van der Waals surface area (Å²) in [7, 11) is -1.48. The molecule has 0 aromatic carbocycles. The lowest BCUT2D eigenvalue weighted by Crippen LogP contribution is -2.48. The lowest BCUT2D eigenvalue weighted by Gasteiger charge is -2.30. The molecule has 2 atom stereocenters. The van der Waals surface area contributed by atoms with Crippen LogP contribution in [-0.4, -0.2) is 56.5 Å². The van der Waals surface area contributed by atoms with Crippen LogP contribution in [0.15, 0.2) is 4.99 Å². The fraction of sp³-hybridized carbons (Fsp3) is 0.889. The summed E-state index contributed by atoms with van der Waals surface area (Å²) in [6.45, 7) is 5.45. The molecule has 2 unspecified atom stereocenters. The number of nitrogens with one attached hydrogen (secondary N) is 3. The van der Waals surface area contributed by atoms with E-state index in [1.807, 2.05) is 0 Å². The molecule has 9 heteroatoms. The van der Waals surface area contributed by atoms with Crippen LogP contribution < -0.4 is 16.0 Å². The van der Waals surface area contributed by atoms with E-state index in [9.17, 15) is 13.2 Å². The van der Waals surface area contributed by atoms with E-state index in [4.69, 9.17) is 0 Å². The van der Waals surface area contributed by atoms with E-state index in [-0.39, 0.29) is 47.6 Å². The molecule has 0 saturated heterocycles. The Bertz CT molecular complexity index is 627. The van der Waals surface area contributed by atoms with Gasteiger partial charge in [-0.25, -0.2) is 8.42 Å². The van der Waals surface area contributed by atoms with Crippen LogP contribution in [0.1, 0.15) is 59.3 Å². The molecule has 1 amide bonds. The standard InChI is InChI=1S/C18H34N4O3S.HI/c1-18(2,3)26(24,25)11-10-20-17(19-4)22-15-7-5-6-13(12-15)16(23)21-14-8-9-14;/h13-15H,5-12H2,1-4H3,(H,21,23)(H2,19,20,22);1H. The Kier molecular flexibility index (Phi) is 9.30. The van der Waals surface area contributed by atoms with E-state index in [1.54, 1.807) is 27.8 Å². The molecule has 27 heavy (non-hydrogen) atoms. The Morgan fingerprint density at radius 3 is 2.30 bits per heavy atom. The summed E-state index contributed by atoms with van der Waals surface area (Å²) >= 11 is 0. The fourth-order valence-electron chi connectivity index (χ4n) is 3.10. The fourth-order valence-corrected chi connectivity index (χ4v) is 4.09. The summed E-state index contributed by atoms with van der Waals surface area (Å²) in [5, 5.41) is 9.54. The first-order valence-corrected chi connectivity index (χ1v) is 11.3. The van der Waals surface area contributed by atoms with Crippen molar-refractivity contribution in [3.05, 3.63) is 0 Å². The molecule has 0 aliphatic heterocycles. The van der Waals surface area contributed by atoms with Gasteiger partial charge in [0.05, 0.1) is 10.5 Å². The van der Waals surface area contributed by atoms with E-state index in [0.29, 0.717) is 18.5 Å². The largest absolute Gasteiger partial charge is 0.355 e. The van der Waals surface area contributed by atoms with Crippen LogP contribution in [0.4, 0.5) is 0 Å². The predicted molar refractivity (Wildman–Crippen MR) is 120 cm³/mol. The van der Waals surface area contributed by atoms with Gasteiger partial charge in [-0.05, 0) is 52.9 Å². The molecular weight excluding hydrogens is 479 g/mol. The Labute approximate surface area is 180 Å². The van der Waals surface area contributed by atoms with Crippen LogP contribution in [0, 0.1) is 5.92 Å². The predicted octanol–water partition coefficient (Wildman–Crippen LogP) is 1.82. The van der Waals surface area contributed by atoms with Gasteiger partial charge in [0.25, 0.3) is 0 Å². The lowest BCUT2D eigenvalue weighted by atomic mass is 9.85. The van der Waals surface area contributed by atoms with Crippen molar-refractivity contribution >= 4 is 45.7 Å². The summed E-state index contributed by atoms with van der Waals surface area (Å²) in [5.41, 5.74) is 0. The van der Waals surface area contributed by atoms with Gasteiger partial charge in [0, 0.05) is 31.6 Å². The maximum atomic E-state index is 12.3. The Morgan fingerprint density at radius 1 is 1.07 bits per heavy atom. The molecule has 0 spiro atoms. The molecular formula is C18H35IN4O3S. The van der Waals surface area contributed by atoms with Gasteiger partial charge >= 0.3 is 0 Å². The molecule has 2 fully saturated rings. The van der Waals surface area contributed by atoms with Crippen LogP contribution in [0.3, 0.4) is 0 Å². The average molecular weight is 514 g/mol. The van der Waals surface area contributed by atoms with E-state index in [2.05, 4.69) is 20.9 Å². The van der Waals surface area contributed by atoms with Crippen molar-refractivity contribution in [2.75, 3.05) is 19.3 Å². The van der Waals surface area contributed by atoms with E-state index in [1.165, 1.54) is 0 Å². The maximum Gasteiger partial charge on any atom is 0.223 e. The topological polar surface area (TPSA) is 99.7 Å². The first kappa shape index (κ1) is 24.5. The quantitative estimate of drug-likeness (QED) is 0.285. The average Bonchev–Trinajstić information content (AvgIpc) is 3.37. The van der Waals surface area contributed by atoms with Crippen LogP contribution >= 0.6 is 24.0 Å². The summed E-state index contributed by atoms with van der Waals surface area (Å²) in [6, 6.07) is 0.583. The van der Waals surface area contributed by atoms with Crippen molar-refractivity contribution in [2.45, 2.75) is 76.1 Å². The van der Waals surface area contributed by atoms with Gasteiger partial charge in [-0.1, -0.05) is 6.42 Å². The van der Waals surface area contributed by atoms with E-state index < -0.39 is 14.6 Å². The molecule has 2 aliphatic carbocycles. The van der Waals surface area contributed by atoms with Crippen molar-refractivity contribution in [2.24, 2.45) is 10.9 Å². The van der Waals surface area contributed by atoms with Crippen LogP contribution in [0.25, 0.3) is 0 Å². The molecule has 0 aromatic rings. The number of rotatable bonds is 6. The number of halogens is 1. The molecule has 0 bridgehead atoms. The summed E-state index contributed by atoms with van der Waals surface area (Å²) in [6.07, 6.45) is 5.94. The zero-order chi connectivity index (χ0) is 19.4. The van der Waals surface area contributed by atoms with Gasteiger partial charge in [-0.2, -0.15) is 0 Å². The van der Waals surface area contributed by atoms with Gasteiger partial charge < -0.3 is 16.0 Å². The zero-order valence-electron chi connectivity index (χ0n) is 16.9. The third-order valence-corrected chi connectivity index (χ3v) is 7.74. The number of sulfone groups is 1. The van der Waals surface area contributed by atoms with Crippen molar-refractivity contribution in [3.8, 4) is 0 Å².